The fourth-order valence-electron chi connectivity index (χ4n) is 0.802. The maximum absolute atomic E-state index is 8.14. The summed E-state index contributed by atoms with van der Waals surface area (Å²) in [6, 6.07) is 7.24. The number of aromatic nitrogens is 2. The normalized spacial score (nSPS) is 5.13. The van der Waals surface area contributed by atoms with Crippen molar-refractivity contribution in [2.24, 2.45) is 0 Å². The smallest absolute Gasteiger partial charge is 0 e. The van der Waals surface area contributed by atoms with E-state index in [2.05, 4.69) is 26.6 Å². The summed E-state index contributed by atoms with van der Waals surface area (Å²) in [4.78, 5) is 0. The van der Waals surface area contributed by atoms with Crippen molar-refractivity contribution in [1.82, 2.24) is 9.13 Å². The van der Waals surface area contributed by atoms with E-state index >= 15 is 0 Å². The molecule has 0 radical (unpaired) electrons. The Labute approximate surface area is 147 Å². The minimum atomic E-state index is 0. The van der Waals surface area contributed by atoms with Gasteiger partial charge in [-0.2, -0.15) is 10.5 Å². The van der Waals surface area contributed by atoms with Crippen molar-refractivity contribution in [2.45, 2.75) is 0 Å². The molecule has 0 spiro atoms. The number of hydrogen-bond donors (Lipinski definition) is 0. The van der Waals surface area contributed by atoms with Gasteiger partial charge in [-0.3, -0.25) is 9.13 Å². The summed E-state index contributed by atoms with van der Waals surface area (Å²) in [5.74, 6) is 0. The van der Waals surface area contributed by atoms with Gasteiger partial charge >= 0.3 is 45.2 Å². The quantitative estimate of drug-likeness (QED) is 0.381. The molecule has 2 heterocycles. The van der Waals surface area contributed by atoms with E-state index in [1.54, 1.807) is 24.8 Å². The predicted octanol–water partition coefficient (Wildman–Crippen LogP) is 1.48. The van der Waals surface area contributed by atoms with Gasteiger partial charge in [-0.05, 0) is 24.3 Å². The molecule has 2 aromatic rings. The van der Waals surface area contributed by atoms with Crippen LogP contribution in [0.25, 0.3) is 0 Å². The number of rotatable bonds is 0. The third-order valence-corrected chi connectivity index (χ3v) is 1.44. The first-order chi connectivity index (χ1) is 10.9. The van der Waals surface area contributed by atoms with Gasteiger partial charge in [0.15, 0.2) is 12.4 Å². The Morgan fingerprint density at radius 2 is 0.739 bits per heavy atom. The van der Waals surface area contributed by atoms with Crippen LogP contribution >= 0.6 is 0 Å². The van der Waals surface area contributed by atoms with Gasteiger partial charge in [-0.15, -0.1) is 0 Å². The minimum Gasteiger partial charge on any atom is 0 e. The molecule has 2 rings (SSSR count). The van der Waals surface area contributed by atoms with Crippen LogP contribution in [0.5, 0.6) is 0 Å². The van der Waals surface area contributed by atoms with E-state index in [9.17, 15) is 0 Å². The molecule has 23 heavy (non-hydrogen) atoms. The second-order valence-corrected chi connectivity index (χ2v) is 2.38. The molecule has 0 saturated carbocycles. The molecule has 0 fully saturated rings. The topological polar surface area (TPSA) is 137 Å². The van der Waals surface area contributed by atoms with Crippen LogP contribution in [-0.2, 0) is 39.7 Å². The van der Waals surface area contributed by atoms with E-state index in [4.69, 9.17) is 29.1 Å². The van der Waals surface area contributed by atoms with Crippen molar-refractivity contribution >= 4 is 0 Å². The standard InChI is InChI=1S/2C5H4N2.4CO.Mo/c2*6-5-7-3-1-2-4-7;4*1-2;/h2*1-4H;;;;;. The summed E-state index contributed by atoms with van der Waals surface area (Å²) in [6.45, 7) is 18.0. The molecule has 0 aromatic carbocycles. The third-order valence-electron chi connectivity index (χ3n) is 1.44. The number of nitrogens with zero attached hydrogens (tertiary/aromatic N) is 4. The van der Waals surface area contributed by atoms with Gasteiger partial charge in [0.25, 0.3) is 0 Å². The van der Waals surface area contributed by atoms with Crippen LogP contribution in [0.4, 0.5) is 0 Å². The zero-order valence-electron chi connectivity index (χ0n) is 11.4. The summed E-state index contributed by atoms with van der Waals surface area (Å²) < 4.78 is 32.9. The molecule has 9 heteroatoms. The van der Waals surface area contributed by atoms with Gasteiger partial charge in [0.05, 0.1) is 0 Å². The van der Waals surface area contributed by atoms with Gasteiger partial charge < -0.3 is 0 Å². The second kappa shape index (κ2) is 36.5. The first kappa shape index (κ1) is 32.2. The summed E-state index contributed by atoms with van der Waals surface area (Å²) in [6.07, 6.45) is 10.6. The van der Waals surface area contributed by atoms with Gasteiger partial charge in [-0.1, -0.05) is 0 Å². The maximum atomic E-state index is 8.14. The fraction of sp³-hybridized carbons (Fsp3) is 0. The SMILES string of the molecule is N#Cn1cccc1.N#Cn1cccc1.[C-]#[O+].[C-]#[O+].[C-]#[O+].[C-]#[O+].[Mo]. The molecule has 0 aliphatic carbocycles. The molecule has 0 atom stereocenters. The van der Waals surface area contributed by atoms with Gasteiger partial charge in [0.2, 0.25) is 0 Å². The van der Waals surface area contributed by atoms with Gasteiger partial charge in [-0.25, -0.2) is 0 Å². The molecule has 0 amide bonds. The van der Waals surface area contributed by atoms with Gasteiger partial charge in [0.1, 0.15) is 0 Å². The van der Waals surface area contributed by atoms with Crippen molar-refractivity contribution in [3.05, 3.63) is 75.7 Å². The molecule has 114 valence electrons. The average Bonchev–Trinajstić information content (AvgIpc) is 3.36. The Kier molecular flexibility index (Phi) is 51.1. The zero-order valence-corrected chi connectivity index (χ0v) is 13.5. The van der Waals surface area contributed by atoms with Crippen LogP contribution in [0.2, 0.25) is 0 Å². The summed E-state index contributed by atoms with van der Waals surface area (Å²) >= 11 is 0. The molecule has 0 bridgehead atoms. The molecule has 2 aromatic heterocycles. The zero-order chi connectivity index (χ0) is 18.2. The van der Waals surface area contributed by atoms with Crippen LogP contribution in [0, 0.1) is 49.5 Å². The maximum Gasteiger partial charge on any atom is 0 e. The van der Waals surface area contributed by atoms with E-state index in [0.717, 1.165) is 0 Å². The van der Waals surface area contributed by atoms with Crippen LogP contribution in [0.15, 0.2) is 49.1 Å². The molecule has 8 nitrogen and oxygen atoms in total. The van der Waals surface area contributed by atoms with E-state index < -0.39 is 0 Å². The van der Waals surface area contributed by atoms with E-state index in [1.165, 1.54) is 9.13 Å². The molecule has 0 saturated heterocycles. The number of hydrogen-bond acceptors (Lipinski definition) is 2. The van der Waals surface area contributed by atoms with Crippen LogP contribution in [-0.4, -0.2) is 9.13 Å². The molecule has 0 aliphatic rings. The Hall–Kier alpha value is -2.81. The summed E-state index contributed by atoms with van der Waals surface area (Å²) in [5, 5.41) is 16.3. The second-order valence-electron chi connectivity index (χ2n) is 2.38. The summed E-state index contributed by atoms with van der Waals surface area (Å²) in [7, 11) is 0. The number of nitriles is 2. The van der Waals surface area contributed by atoms with Crippen molar-refractivity contribution in [1.29, 1.82) is 10.5 Å². The monoisotopic (exact) mass is 394 g/mol. The molecule has 0 unspecified atom stereocenters. The van der Waals surface area contributed by atoms with E-state index in [-0.39, 0.29) is 21.1 Å². The molecular formula is C14H8MoN4O4. The fourth-order valence-corrected chi connectivity index (χ4v) is 0.802. The Morgan fingerprint density at radius 1 is 0.565 bits per heavy atom. The Bertz CT molecular complexity index is 531. The van der Waals surface area contributed by atoms with E-state index in [1.807, 2.05) is 36.7 Å². The van der Waals surface area contributed by atoms with Crippen molar-refractivity contribution < 1.29 is 39.7 Å². The average molecular weight is 392 g/mol. The van der Waals surface area contributed by atoms with Crippen molar-refractivity contribution in [3.8, 4) is 12.4 Å². The van der Waals surface area contributed by atoms with E-state index in [0.29, 0.717) is 0 Å². The molecular weight excluding hydrogens is 384 g/mol. The Balaban J connectivity index is -0.0000000639. The summed E-state index contributed by atoms with van der Waals surface area (Å²) in [5.41, 5.74) is 0. The largest absolute Gasteiger partial charge is 0 e. The van der Waals surface area contributed by atoms with Crippen molar-refractivity contribution in [2.75, 3.05) is 0 Å². The van der Waals surface area contributed by atoms with Gasteiger partial charge in [0, 0.05) is 45.9 Å². The molecule has 0 N–H and O–H groups in total. The Morgan fingerprint density at radius 3 is 0.826 bits per heavy atom. The molecule has 0 aliphatic heterocycles. The van der Waals surface area contributed by atoms with Crippen LogP contribution in [0.1, 0.15) is 0 Å². The first-order valence-corrected chi connectivity index (χ1v) is 4.74. The van der Waals surface area contributed by atoms with Crippen molar-refractivity contribution in [3.63, 3.8) is 0 Å². The van der Waals surface area contributed by atoms with Crippen LogP contribution in [0.3, 0.4) is 0 Å². The first-order valence-electron chi connectivity index (χ1n) is 4.74. The predicted molar refractivity (Wildman–Crippen MR) is 66.6 cm³/mol. The third kappa shape index (κ3) is 24.6. The van der Waals surface area contributed by atoms with Crippen LogP contribution < -0.4 is 0 Å². The minimum absolute atomic E-state index is 0.